The third-order valence-electron chi connectivity index (χ3n) is 7.70. The Morgan fingerprint density at radius 2 is 1.73 bits per heavy atom. The number of benzene rings is 2. The SMILES string of the molecule is CCOC(=O)CCCN(c1ccc(C)cc1)c1nc(NCCCOC)nc(NCCCOC)c1N=Nc1nn(-c2nc3ccccc3s2)cc1C#N. The van der Waals surface area contributed by atoms with Crippen LogP contribution < -0.4 is 15.5 Å². The zero-order chi connectivity index (χ0) is 36.7. The minimum atomic E-state index is -0.275. The van der Waals surface area contributed by atoms with E-state index in [1.54, 1.807) is 32.0 Å². The first-order valence-electron chi connectivity index (χ1n) is 17.1. The molecule has 0 bridgehead atoms. The van der Waals surface area contributed by atoms with Crippen LogP contribution >= 0.6 is 11.3 Å². The van der Waals surface area contributed by atoms with E-state index in [2.05, 4.69) is 31.9 Å². The number of methoxy groups -OCH3 is 2. The maximum absolute atomic E-state index is 12.4. The van der Waals surface area contributed by atoms with Crippen molar-refractivity contribution in [3.63, 3.8) is 0 Å². The van der Waals surface area contributed by atoms with Gasteiger partial charge < -0.3 is 29.7 Å². The van der Waals surface area contributed by atoms with Gasteiger partial charge in [-0.1, -0.05) is 41.2 Å². The first kappa shape index (κ1) is 37.7. The van der Waals surface area contributed by atoms with Gasteiger partial charge in [-0.3, -0.25) is 4.79 Å². The lowest BCUT2D eigenvalue weighted by atomic mass is 10.2. The topological polar surface area (TPSA) is 177 Å². The quantitative estimate of drug-likeness (QED) is 0.0468. The molecule has 16 heteroatoms. The Morgan fingerprint density at radius 1 is 0.981 bits per heavy atom. The number of carbonyl (C=O) groups is 1. The molecule has 52 heavy (non-hydrogen) atoms. The molecule has 0 saturated heterocycles. The molecule has 0 saturated carbocycles. The number of carbonyl (C=O) groups excluding carboxylic acids is 1. The van der Waals surface area contributed by atoms with E-state index in [1.165, 1.54) is 11.3 Å². The lowest BCUT2D eigenvalue weighted by molar-refractivity contribution is -0.143. The van der Waals surface area contributed by atoms with Gasteiger partial charge in [0.25, 0.3) is 0 Å². The Labute approximate surface area is 306 Å². The fourth-order valence-corrected chi connectivity index (χ4v) is 6.03. The van der Waals surface area contributed by atoms with Crippen LogP contribution in [0.5, 0.6) is 0 Å². The number of nitrogens with one attached hydrogen (secondary N) is 2. The highest BCUT2D eigenvalue weighted by Gasteiger charge is 2.23. The van der Waals surface area contributed by atoms with Crippen molar-refractivity contribution in [2.75, 3.05) is 69.2 Å². The first-order valence-corrected chi connectivity index (χ1v) is 17.9. The molecule has 0 unspecified atom stereocenters. The van der Waals surface area contributed by atoms with E-state index < -0.39 is 0 Å². The van der Waals surface area contributed by atoms with Gasteiger partial charge in [0.05, 0.1) is 23.0 Å². The molecule has 0 spiro atoms. The van der Waals surface area contributed by atoms with Crippen molar-refractivity contribution in [2.24, 2.45) is 10.2 Å². The lowest BCUT2D eigenvalue weighted by Gasteiger charge is -2.26. The van der Waals surface area contributed by atoms with Gasteiger partial charge in [-0.15, -0.1) is 15.3 Å². The molecular formula is C36H43N11O4S. The van der Waals surface area contributed by atoms with Crippen molar-refractivity contribution in [3.05, 3.63) is 65.9 Å². The molecular weight excluding hydrogens is 683 g/mol. The molecule has 0 aliphatic carbocycles. The van der Waals surface area contributed by atoms with Crippen LogP contribution in [0.4, 0.5) is 34.8 Å². The van der Waals surface area contributed by atoms with Crippen LogP contribution in [0, 0.1) is 18.3 Å². The number of esters is 1. The normalized spacial score (nSPS) is 11.2. The van der Waals surface area contributed by atoms with Gasteiger partial charge >= 0.3 is 5.97 Å². The molecule has 0 amide bonds. The van der Waals surface area contributed by atoms with E-state index in [9.17, 15) is 10.1 Å². The maximum atomic E-state index is 12.4. The van der Waals surface area contributed by atoms with E-state index in [0.717, 1.165) is 27.9 Å². The summed E-state index contributed by atoms with van der Waals surface area (Å²) < 4.78 is 18.3. The zero-order valence-corrected chi connectivity index (χ0v) is 30.6. The van der Waals surface area contributed by atoms with Gasteiger partial charge in [-0.25, -0.2) is 9.67 Å². The van der Waals surface area contributed by atoms with Gasteiger partial charge in [-0.2, -0.15) is 15.2 Å². The fraction of sp³-hybridized carbons (Fsp3) is 0.389. The molecule has 3 heterocycles. The van der Waals surface area contributed by atoms with Crippen molar-refractivity contribution in [3.8, 4) is 11.2 Å². The number of azo groups is 1. The standard InChI is InChI=1S/C36H43N11O4S/c1-5-51-30(48)13-8-20-46(27-16-14-25(2)15-17-27)34-31(33(38-18-9-21-49-3)41-35(42-34)39-19-10-22-50-4)43-44-32-26(23-37)24-47(45-32)36-40-28-11-6-7-12-29(28)52-36/h6-7,11-12,14-17,24H,5,8-10,13,18-22H2,1-4H3,(H2,38,39,41,42). The number of ether oxygens (including phenoxy) is 3. The number of para-hydroxylation sites is 1. The number of nitriles is 1. The number of nitrogens with zero attached hydrogens (tertiary/aromatic N) is 9. The summed E-state index contributed by atoms with van der Waals surface area (Å²) in [5.74, 6) is 1.08. The van der Waals surface area contributed by atoms with E-state index in [4.69, 9.17) is 29.3 Å². The second-order valence-electron chi connectivity index (χ2n) is 11.6. The van der Waals surface area contributed by atoms with Gasteiger partial charge in [-0.05, 0) is 57.4 Å². The second kappa shape index (κ2) is 19.2. The molecule has 0 radical (unpaired) electrons. The molecule has 5 rings (SSSR count). The second-order valence-corrected chi connectivity index (χ2v) is 12.6. The number of rotatable bonds is 20. The number of anilines is 4. The Balaban J connectivity index is 1.61. The number of aryl methyl sites for hydroxylation is 1. The van der Waals surface area contributed by atoms with E-state index in [0.29, 0.717) is 80.7 Å². The van der Waals surface area contributed by atoms with Crippen molar-refractivity contribution in [2.45, 2.75) is 39.5 Å². The fourth-order valence-electron chi connectivity index (χ4n) is 5.13. The third kappa shape index (κ3) is 10.1. The molecule has 0 aliphatic heterocycles. The summed E-state index contributed by atoms with van der Waals surface area (Å²) in [7, 11) is 3.31. The van der Waals surface area contributed by atoms with Gasteiger partial charge in [0.15, 0.2) is 17.3 Å². The van der Waals surface area contributed by atoms with Crippen LogP contribution in [0.3, 0.4) is 0 Å². The minimum Gasteiger partial charge on any atom is -0.466 e. The highest BCUT2D eigenvalue weighted by molar-refractivity contribution is 7.20. The van der Waals surface area contributed by atoms with Crippen molar-refractivity contribution in [1.82, 2.24) is 24.7 Å². The minimum absolute atomic E-state index is 0.115. The summed E-state index contributed by atoms with van der Waals surface area (Å²) in [6.07, 6.45) is 3.73. The number of hydrogen-bond acceptors (Lipinski definition) is 15. The average molecular weight is 726 g/mol. The van der Waals surface area contributed by atoms with Crippen LogP contribution in [0.2, 0.25) is 0 Å². The van der Waals surface area contributed by atoms with Crippen LogP contribution in [0.25, 0.3) is 15.3 Å². The maximum Gasteiger partial charge on any atom is 0.305 e. The van der Waals surface area contributed by atoms with Gasteiger partial charge in [0.1, 0.15) is 11.6 Å². The molecule has 15 nitrogen and oxygen atoms in total. The van der Waals surface area contributed by atoms with E-state index in [1.807, 2.05) is 60.4 Å². The highest BCUT2D eigenvalue weighted by Crippen LogP contribution is 2.40. The number of fused-ring (bicyclic) bond motifs is 1. The predicted molar refractivity (Wildman–Crippen MR) is 202 cm³/mol. The number of thiazole rings is 1. The van der Waals surface area contributed by atoms with Crippen molar-refractivity contribution in [1.29, 1.82) is 5.26 Å². The summed E-state index contributed by atoms with van der Waals surface area (Å²) in [6, 6.07) is 18.0. The number of hydrogen-bond donors (Lipinski definition) is 2. The third-order valence-corrected chi connectivity index (χ3v) is 8.73. The monoisotopic (exact) mass is 725 g/mol. The summed E-state index contributed by atoms with van der Waals surface area (Å²) in [6.45, 7) is 6.74. The Bertz CT molecular complexity index is 1960. The molecule has 5 aromatic rings. The molecule has 3 aromatic heterocycles. The summed E-state index contributed by atoms with van der Waals surface area (Å²) in [4.78, 5) is 28.8. The Hall–Kier alpha value is -5.50. The van der Waals surface area contributed by atoms with Crippen molar-refractivity contribution < 1.29 is 19.0 Å². The lowest BCUT2D eigenvalue weighted by Crippen LogP contribution is -2.22. The highest BCUT2D eigenvalue weighted by atomic mass is 32.1. The average Bonchev–Trinajstić information content (AvgIpc) is 3.78. The summed E-state index contributed by atoms with van der Waals surface area (Å²) in [5, 5.41) is 31.2. The molecule has 272 valence electrons. The summed E-state index contributed by atoms with van der Waals surface area (Å²) in [5.41, 5.74) is 3.31. The molecule has 0 atom stereocenters. The van der Waals surface area contributed by atoms with Crippen LogP contribution in [-0.2, 0) is 19.0 Å². The first-order chi connectivity index (χ1) is 25.4. The van der Waals surface area contributed by atoms with Gasteiger partial charge in [0, 0.05) is 59.2 Å². The van der Waals surface area contributed by atoms with Crippen LogP contribution in [-0.4, -0.2) is 84.4 Å². The number of aromatic nitrogens is 5. The van der Waals surface area contributed by atoms with E-state index >= 15 is 0 Å². The summed E-state index contributed by atoms with van der Waals surface area (Å²) >= 11 is 1.45. The molecule has 2 N–H and O–H groups in total. The molecule has 0 fully saturated rings. The molecule has 0 aliphatic rings. The Kier molecular flexibility index (Phi) is 13.9. The zero-order valence-electron chi connectivity index (χ0n) is 29.8. The van der Waals surface area contributed by atoms with Gasteiger partial charge in [0.2, 0.25) is 16.9 Å². The predicted octanol–water partition coefficient (Wildman–Crippen LogP) is 7.25. The van der Waals surface area contributed by atoms with Crippen molar-refractivity contribution >= 4 is 62.3 Å². The smallest absolute Gasteiger partial charge is 0.305 e. The van der Waals surface area contributed by atoms with Crippen LogP contribution in [0.15, 0.2) is 65.0 Å². The molecule has 2 aromatic carbocycles. The van der Waals surface area contributed by atoms with Crippen LogP contribution in [0.1, 0.15) is 43.7 Å². The Morgan fingerprint density at radius 3 is 2.44 bits per heavy atom. The largest absolute Gasteiger partial charge is 0.466 e. The van der Waals surface area contributed by atoms with E-state index in [-0.39, 0.29) is 23.8 Å².